The molecule has 120 valence electrons. The molecule has 1 aromatic heterocycles. The van der Waals surface area contributed by atoms with Gasteiger partial charge >= 0.3 is 0 Å². The summed E-state index contributed by atoms with van der Waals surface area (Å²) in [6, 6.07) is 10.5. The van der Waals surface area contributed by atoms with Crippen LogP contribution in [-0.4, -0.2) is 28.1 Å². The van der Waals surface area contributed by atoms with Crippen LogP contribution >= 0.6 is 15.9 Å². The lowest BCUT2D eigenvalue weighted by molar-refractivity contribution is 0.233. The number of nitrogens with zero attached hydrogens (tertiary/aromatic N) is 2. The molecule has 0 bridgehead atoms. The van der Waals surface area contributed by atoms with Crippen LogP contribution < -0.4 is 4.74 Å². The molecule has 0 saturated carbocycles. The van der Waals surface area contributed by atoms with E-state index in [-0.39, 0.29) is 12.4 Å². The van der Waals surface area contributed by atoms with Crippen molar-refractivity contribution in [2.75, 3.05) is 13.2 Å². The Labute approximate surface area is 141 Å². The van der Waals surface area contributed by atoms with Gasteiger partial charge in [-0.05, 0) is 30.3 Å². The van der Waals surface area contributed by atoms with Gasteiger partial charge < -0.3 is 9.84 Å². The SMILES string of the molecule is Cn1nc(-c2ccc(OCCCO)cc2F)c2ccc(Br)cc21. The highest BCUT2D eigenvalue weighted by atomic mass is 79.9. The molecule has 4 nitrogen and oxygen atoms in total. The van der Waals surface area contributed by atoms with Gasteiger partial charge in [-0.25, -0.2) is 4.39 Å². The van der Waals surface area contributed by atoms with Crippen molar-refractivity contribution >= 4 is 26.8 Å². The molecule has 1 N–H and O–H groups in total. The van der Waals surface area contributed by atoms with Gasteiger partial charge in [0.2, 0.25) is 0 Å². The van der Waals surface area contributed by atoms with E-state index in [0.717, 1.165) is 15.4 Å². The minimum atomic E-state index is -0.380. The summed E-state index contributed by atoms with van der Waals surface area (Å²) in [5.41, 5.74) is 1.97. The van der Waals surface area contributed by atoms with Gasteiger partial charge in [0.1, 0.15) is 17.3 Å². The van der Waals surface area contributed by atoms with Crippen LogP contribution in [0.1, 0.15) is 6.42 Å². The van der Waals surface area contributed by atoms with E-state index in [4.69, 9.17) is 9.84 Å². The van der Waals surface area contributed by atoms with Crippen LogP contribution in [0.2, 0.25) is 0 Å². The number of hydrogen-bond acceptors (Lipinski definition) is 3. The van der Waals surface area contributed by atoms with Gasteiger partial charge in [-0.15, -0.1) is 0 Å². The first-order valence-electron chi connectivity index (χ1n) is 7.26. The van der Waals surface area contributed by atoms with Crippen LogP contribution in [0.4, 0.5) is 4.39 Å². The van der Waals surface area contributed by atoms with E-state index in [0.29, 0.717) is 30.0 Å². The number of halogens is 2. The maximum absolute atomic E-state index is 14.5. The van der Waals surface area contributed by atoms with Crippen molar-refractivity contribution in [3.63, 3.8) is 0 Å². The molecule has 0 spiro atoms. The summed E-state index contributed by atoms with van der Waals surface area (Å²) < 4.78 is 22.6. The topological polar surface area (TPSA) is 47.3 Å². The van der Waals surface area contributed by atoms with Gasteiger partial charge in [-0.1, -0.05) is 15.9 Å². The van der Waals surface area contributed by atoms with Crippen LogP contribution in [0.15, 0.2) is 40.9 Å². The van der Waals surface area contributed by atoms with Gasteiger partial charge in [-0.2, -0.15) is 5.10 Å². The third-order valence-corrected chi connectivity index (χ3v) is 4.07. The van der Waals surface area contributed by atoms with E-state index in [1.54, 1.807) is 16.8 Å². The molecule has 3 rings (SSSR count). The zero-order valence-electron chi connectivity index (χ0n) is 12.6. The molecular formula is C17H16BrFN2O2. The van der Waals surface area contributed by atoms with E-state index < -0.39 is 0 Å². The quantitative estimate of drug-likeness (QED) is 0.684. The first-order chi connectivity index (χ1) is 11.1. The summed E-state index contributed by atoms with van der Waals surface area (Å²) in [4.78, 5) is 0. The summed E-state index contributed by atoms with van der Waals surface area (Å²) >= 11 is 3.44. The number of aliphatic hydroxyl groups is 1. The lowest BCUT2D eigenvalue weighted by atomic mass is 10.1. The van der Waals surface area contributed by atoms with Crippen LogP contribution in [0.5, 0.6) is 5.75 Å². The van der Waals surface area contributed by atoms with Crippen LogP contribution in [0, 0.1) is 5.82 Å². The molecule has 0 atom stereocenters. The summed E-state index contributed by atoms with van der Waals surface area (Å²) in [5, 5.41) is 14.1. The Morgan fingerprint density at radius 3 is 2.83 bits per heavy atom. The molecule has 0 aliphatic heterocycles. The summed E-state index contributed by atoms with van der Waals surface area (Å²) in [6.45, 7) is 0.409. The monoisotopic (exact) mass is 378 g/mol. The summed E-state index contributed by atoms with van der Waals surface area (Å²) in [6.07, 6.45) is 0.517. The Morgan fingerprint density at radius 1 is 1.26 bits per heavy atom. The number of aromatic nitrogens is 2. The van der Waals surface area contributed by atoms with Crippen molar-refractivity contribution in [3.8, 4) is 17.0 Å². The highest BCUT2D eigenvalue weighted by Gasteiger charge is 2.15. The molecule has 6 heteroatoms. The minimum absolute atomic E-state index is 0.0516. The molecule has 0 aliphatic carbocycles. The molecule has 1 heterocycles. The average Bonchev–Trinajstić information content (AvgIpc) is 2.84. The molecule has 0 fully saturated rings. The number of aliphatic hydroxyl groups excluding tert-OH is 1. The third-order valence-electron chi connectivity index (χ3n) is 3.58. The maximum Gasteiger partial charge on any atom is 0.136 e. The second-order valence-corrected chi connectivity index (χ2v) is 6.12. The number of rotatable bonds is 5. The average molecular weight is 379 g/mol. The number of ether oxygens (including phenoxy) is 1. The predicted octanol–water partition coefficient (Wildman–Crippen LogP) is 3.90. The standard InChI is InChI=1S/C17H16BrFN2O2/c1-21-16-9-11(18)3-5-14(16)17(20-21)13-6-4-12(10-15(13)19)23-8-2-7-22/h3-6,9-10,22H,2,7-8H2,1H3. The van der Waals surface area contributed by atoms with Gasteiger partial charge in [0, 0.05) is 41.6 Å². The Balaban J connectivity index is 1.99. The number of fused-ring (bicyclic) bond motifs is 1. The Bertz CT molecular complexity index is 848. The zero-order valence-corrected chi connectivity index (χ0v) is 14.2. The fourth-order valence-electron chi connectivity index (χ4n) is 2.46. The van der Waals surface area contributed by atoms with E-state index in [1.165, 1.54) is 6.07 Å². The molecule has 0 aliphatic rings. The van der Waals surface area contributed by atoms with Gasteiger partial charge in [-0.3, -0.25) is 4.68 Å². The molecular weight excluding hydrogens is 363 g/mol. The van der Waals surface area contributed by atoms with Crippen LogP contribution in [0.3, 0.4) is 0 Å². The predicted molar refractivity (Wildman–Crippen MR) is 91.0 cm³/mol. The highest BCUT2D eigenvalue weighted by molar-refractivity contribution is 9.10. The van der Waals surface area contributed by atoms with Gasteiger partial charge in [0.05, 0.1) is 12.1 Å². The second-order valence-electron chi connectivity index (χ2n) is 5.20. The number of hydrogen-bond donors (Lipinski definition) is 1. The fraction of sp³-hybridized carbons (Fsp3) is 0.235. The molecule has 23 heavy (non-hydrogen) atoms. The molecule has 0 radical (unpaired) electrons. The smallest absolute Gasteiger partial charge is 0.136 e. The largest absolute Gasteiger partial charge is 0.493 e. The first-order valence-corrected chi connectivity index (χ1v) is 8.05. The Hall–Kier alpha value is -1.92. The normalized spacial score (nSPS) is 11.1. The van der Waals surface area contributed by atoms with Crippen molar-refractivity contribution in [3.05, 3.63) is 46.7 Å². The number of aryl methyl sites for hydroxylation is 1. The minimum Gasteiger partial charge on any atom is -0.493 e. The van der Waals surface area contributed by atoms with Crippen LogP contribution in [-0.2, 0) is 7.05 Å². The van der Waals surface area contributed by atoms with Crippen molar-refractivity contribution in [2.45, 2.75) is 6.42 Å². The molecule has 0 saturated heterocycles. The third kappa shape index (κ3) is 3.23. The zero-order chi connectivity index (χ0) is 16.4. The van der Waals surface area contributed by atoms with Gasteiger partial charge in [0.25, 0.3) is 0 Å². The first kappa shape index (κ1) is 16.0. The lowest BCUT2D eigenvalue weighted by Crippen LogP contribution is -2.00. The second kappa shape index (κ2) is 6.68. The van der Waals surface area contributed by atoms with Crippen molar-refractivity contribution in [1.82, 2.24) is 9.78 Å². The van der Waals surface area contributed by atoms with Crippen molar-refractivity contribution < 1.29 is 14.2 Å². The maximum atomic E-state index is 14.5. The molecule has 2 aromatic carbocycles. The van der Waals surface area contributed by atoms with Crippen molar-refractivity contribution in [1.29, 1.82) is 0 Å². The fourth-order valence-corrected chi connectivity index (χ4v) is 2.81. The van der Waals surface area contributed by atoms with E-state index >= 15 is 0 Å². The Kier molecular flexibility index (Phi) is 4.63. The molecule has 3 aromatic rings. The number of benzene rings is 2. The van der Waals surface area contributed by atoms with Crippen molar-refractivity contribution in [2.24, 2.45) is 7.05 Å². The van der Waals surface area contributed by atoms with E-state index in [1.807, 2.05) is 25.2 Å². The summed E-state index contributed by atoms with van der Waals surface area (Å²) in [7, 11) is 1.84. The summed E-state index contributed by atoms with van der Waals surface area (Å²) in [5.74, 6) is 0.0668. The highest BCUT2D eigenvalue weighted by Crippen LogP contribution is 2.32. The molecule has 0 unspecified atom stereocenters. The van der Waals surface area contributed by atoms with E-state index in [2.05, 4.69) is 21.0 Å². The lowest BCUT2D eigenvalue weighted by Gasteiger charge is -2.07. The molecule has 0 amide bonds. The van der Waals surface area contributed by atoms with E-state index in [9.17, 15) is 4.39 Å². The van der Waals surface area contributed by atoms with Gasteiger partial charge in [0.15, 0.2) is 0 Å². The Morgan fingerprint density at radius 2 is 2.09 bits per heavy atom. The van der Waals surface area contributed by atoms with Crippen LogP contribution in [0.25, 0.3) is 22.2 Å².